The van der Waals surface area contributed by atoms with Gasteiger partial charge in [-0.15, -0.1) is 0 Å². The van der Waals surface area contributed by atoms with Crippen molar-refractivity contribution in [1.29, 1.82) is 0 Å². The minimum atomic E-state index is -0.334. The fourth-order valence-electron chi connectivity index (χ4n) is 4.47. The number of hydrogen-bond donors (Lipinski definition) is 3. The Kier molecular flexibility index (Phi) is 17.4. The van der Waals surface area contributed by atoms with Crippen LogP contribution in [0.1, 0.15) is 67.4 Å². The molecule has 0 saturated carbocycles. The molecule has 0 amide bonds. The van der Waals surface area contributed by atoms with Crippen LogP contribution in [0.4, 0.5) is 10.1 Å². The molecular weight excluding hydrogens is 595 g/mol. The van der Waals surface area contributed by atoms with Gasteiger partial charge in [-0.05, 0) is 86.6 Å². The van der Waals surface area contributed by atoms with Gasteiger partial charge in [-0.1, -0.05) is 90.1 Å². The molecule has 0 radical (unpaired) electrons. The van der Waals surface area contributed by atoms with Crippen molar-refractivity contribution in [3.05, 3.63) is 149 Å². The summed E-state index contributed by atoms with van der Waals surface area (Å²) in [7, 11) is 1.92. The highest BCUT2D eigenvalue weighted by atomic mass is 19.1. The Bertz CT molecular complexity index is 1590. The fourth-order valence-corrected chi connectivity index (χ4v) is 4.47. The van der Waals surface area contributed by atoms with Crippen LogP contribution < -0.4 is 16.0 Å². The van der Waals surface area contributed by atoms with E-state index < -0.39 is 0 Å². The van der Waals surface area contributed by atoms with E-state index in [4.69, 9.17) is 0 Å². The molecule has 0 atom stereocenters. The van der Waals surface area contributed by atoms with Crippen LogP contribution in [0.3, 0.4) is 0 Å². The summed E-state index contributed by atoms with van der Waals surface area (Å²) in [5, 5.41) is 9.83. The van der Waals surface area contributed by atoms with E-state index in [2.05, 4.69) is 92.3 Å². The molecule has 1 aromatic rings. The van der Waals surface area contributed by atoms with E-state index in [0.717, 1.165) is 51.4 Å². The first-order valence-corrected chi connectivity index (χ1v) is 16.4. The molecule has 2 rings (SSSR count). The zero-order valence-corrected chi connectivity index (χ0v) is 30.8. The van der Waals surface area contributed by atoms with Crippen LogP contribution in [0.5, 0.6) is 0 Å². The highest BCUT2D eigenvalue weighted by Gasteiger charge is 2.23. The predicted octanol–water partition coefficient (Wildman–Crippen LogP) is 10.1. The Labute approximate surface area is 290 Å². The van der Waals surface area contributed by atoms with Gasteiger partial charge in [0, 0.05) is 37.2 Å². The summed E-state index contributed by atoms with van der Waals surface area (Å²) in [6.45, 7) is 41.8. The van der Waals surface area contributed by atoms with E-state index in [0.29, 0.717) is 42.6 Å². The zero-order chi connectivity index (χ0) is 36.6. The van der Waals surface area contributed by atoms with Crippen LogP contribution in [0.25, 0.3) is 0 Å². The maximum Gasteiger partial charge on any atom is 0.146 e. The Morgan fingerprint density at radius 3 is 2.27 bits per heavy atom. The molecular formula is C41H57FN6. The lowest BCUT2D eigenvalue weighted by Gasteiger charge is -2.28. The predicted molar refractivity (Wildman–Crippen MR) is 210 cm³/mol. The molecule has 0 aliphatic heterocycles. The second kappa shape index (κ2) is 20.4. The van der Waals surface area contributed by atoms with Crippen molar-refractivity contribution in [3.8, 4) is 0 Å². The van der Waals surface area contributed by atoms with Crippen molar-refractivity contribution in [1.82, 2.24) is 15.5 Å². The monoisotopic (exact) mass is 652 g/mol. The molecule has 1 aliphatic carbocycles. The molecule has 1 aliphatic rings. The van der Waals surface area contributed by atoms with Crippen LogP contribution in [0.15, 0.2) is 148 Å². The van der Waals surface area contributed by atoms with Crippen molar-refractivity contribution in [2.75, 3.05) is 25.5 Å². The molecule has 1 aromatic carbocycles. The van der Waals surface area contributed by atoms with E-state index in [1.54, 1.807) is 18.3 Å². The van der Waals surface area contributed by atoms with Crippen molar-refractivity contribution in [2.45, 2.75) is 68.4 Å². The van der Waals surface area contributed by atoms with Gasteiger partial charge in [-0.25, -0.2) is 9.38 Å². The van der Waals surface area contributed by atoms with Crippen LogP contribution in [0.2, 0.25) is 0 Å². The number of nitrogens with one attached hydrogen (secondary N) is 3. The first kappa shape index (κ1) is 41.1. The largest absolute Gasteiger partial charge is 0.381 e. The van der Waals surface area contributed by atoms with Crippen LogP contribution >= 0.6 is 0 Å². The van der Waals surface area contributed by atoms with Gasteiger partial charge in [0.1, 0.15) is 11.7 Å². The molecule has 0 fully saturated rings. The number of aliphatic imine (C=N–C) groups is 2. The minimum absolute atomic E-state index is 0.334. The number of allylic oxidation sites excluding steroid dienone is 8. The van der Waals surface area contributed by atoms with Crippen LogP contribution in [-0.2, 0) is 6.54 Å². The summed E-state index contributed by atoms with van der Waals surface area (Å²) in [6.07, 6.45) is 8.64. The lowest BCUT2D eigenvalue weighted by Crippen LogP contribution is -2.25. The summed E-state index contributed by atoms with van der Waals surface area (Å²) in [6, 6.07) is 4.99. The SMILES string of the molecule is C=C/C(C)=C(C)/C=C(\CC)CNC(=C)C=NC(C)=NCC(=C)N(C)/C(=C\C)C(=C)NCc1ccc(F)c(NC2=C(C)C(=C)C2=C)c1.CC. The Morgan fingerprint density at radius 2 is 1.69 bits per heavy atom. The molecule has 258 valence electrons. The molecule has 0 bridgehead atoms. The van der Waals surface area contributed by atoms with E-state index in [-0.39, 0.29) is 5.82 Å². The Balaban J connectivity index is 0.00000565. The van der Waals surface area contributed by atoms with Crippen molar-refractivity contribution >= 4 is 17.7 Å². The Hall–Kier alpha value is -4.91. The third kappa shape index (κ3) is 12.0. The average molecular weight is 653 g/mol. The zero-order valence-electron chi connectivity index (χ0n) is 30.8. The first-order valence-electron chi connectivity index (χ1n) is 16.4. The average Bonchev–Trinajstić information content (AvgIpc) is 3.10. The quantitative estimate of drug-likeness (QED) is 0.0890. The standard InChI is InChI=1S/C39H51FN6.C2H6/c1-14-25(4)26(5)19-34(15-2)23-41-27(6)21-43-33(12)44-22-28(7)46(13)38(16-3)32(11)42-24-35-17-18-36(40)37(20-35)45-39-30(9)29(8)31(39)10;1-2/h14,16-21,41-42,45H,1,6-9,11,15,22-24H2,2-5,10,12-13H3;1-2H3/b26-25+,34-19+,38-16-,43-21?,44-33?;. The summed E-state index contributed by atoms with van der Waals surface area (Å²) in [5.74, 6) is 0.282. The van der Waals surface area contributed by atoms with Crippen molar-refractivity contribution in [2.24, 2.45) is 9.98 Å². The molecule has 0 saturated heterocycles. The molecule has 48 heavy (non-hydrogen) atoms. The minimum Gasteiger partial charge on any atom is -0.381 e. The van der Waals surface area contributed by atoms with Gasteiger partial charge >= 0.3 is 0 Å². The van der Waals surface area contributed by atoms with Gasteiger partial charge in [-0.2, -0.15) is 0 Å². The first-order chi connectivity index (χ1) is 22.7. The van der Waals surface area contributed by atoms with E-state index in [1.165, 1.54) is 17.2 Å². The van der Waals surface area contributed by atoms with Gasteiger partial charge in [-0.3, -0.25) is 4.99 Å². The number of nitrogens with zero attached hydrogens (tertiary/aromatic N) is 3. The number of benzene rings is 1. The lowest BCUT2D eigenvalue weighted by molar-refractivity contribution is 0.509. The molecule has 6 nitrogen and oxygen atoms in total. The second-order valence-corrected chi connectivity index (χ2v) is 11.3. The van der Waals surface area contributed by atoms with Crippen LogP contribution in [0, 0.1) is 5.82 Å². The third-order valence-electron chi connectivity index (χ3n) is 7.95. The van der Waals surface area contributed by atoms with Crippen molar-refractivity contribution < 1.29 is 4.39 Å². The van der Waals surface area contributed by atoms with E-state index in [9.17, 15) is 4.39 Å². The highest BCUT2D eigenvalue weighted by molar-refractivity contribution is 5.92. The number of halogens is 1. The molecule has 0 aromatic heterocycles. The van der Waals surface area contributed by atoms with Crippen LogP contribution in [-0.4, -0.2) is 37.1 Å². The normalized spacial score (nSPS) is 14.1. The van der Waals surface area contributed by atoms with E-state index >= 15 is 0 Å². The molecule has 0 unspecified atom stereocenters. The summed E-state index contributed by atoms with van der Waals surface area (Å²) in [5.41, 5.74) is 11.5. The topological polar surface area (TPSA) is 64.0 Å². The second-order valence-electron chi connectivity index (χ2n) is 11.3. The highest BCUT2D eigenvalue weighted by Crippen LogP contribution is 2.37. The third-order valence-corrected chi connectivity index (χ3v) is 7.95. The Morgan fingerprint density at radius 1 is 1.02 bits per heavy atom. The summed E-state index contributed by atoms with van der Waals surface area (Å²) in [4.78, 5) is 11.0. The van der Waals surface area contributed by atoms with Gasteiger partial charge in [0.2, 0.25) is 0 Å². The van der Waals surface area contributed by atoms with E-state index in [1.807, 2.05) is 58.7 Å². The molecule has 7 heteroatoms. The number of likely N-dealkylation sites (N-methyl/N-ethyl adjacent to an activating group) is 1. The fraction of sp³-hybridized carbons (Fsp3) is 0.317. The summed E-state index contributed by atoms with van der Waals surface area (Å²) < 4.78 is 14.5. The number of amidine groups is 1. The number of hydrogen-bond acceptors (Lipinski definition) is 5. The van der Waals surface area contributed by atoms with Gasteiger partial charge in [0.15, 0.2) is 0 Å². The molecule has 0 heterocycles. The van der Waals surface area contributed by atoms with Gasteiger partial charge in [0.05, 0.1) is 29.8 Å². The smallest absolute Gasteiger partial charge is 0.146 e. The maximum atomic E-state index is 14.5. The molecule has 3 N–H and O–H groups in total. The lowest BCUT2D eigenvalue weighted by atomic mass is 9.85. The van der Waals surface area contributed by atoms with Gasteiger partial charge < -0.3 is 20.9 Å². The van der Waals surface area contributed by atoms with Gasteiger partial charge in [0.25, 0.3) is 0 Å². The number of rotatable bonds is 17. The summed E-state index contributed by atoms with van der Waals surface area (Å²) >= 11 is 0. The number of anilines is 1. The maximum absolute atomic E-state index is 14.5. The van der Waals surface area contributed by atoms with Crippen molar-refractivity contribution in [3.63, 3.8) is 0 Å². The molecule has 0 spiro atoms.